The Morgan fingerprint density at radius 1 is 0.828 bits per heavy atom. The lowest BCUT2D eigenvalue weighted by atomic mass is 10.0. The van der Waals surface area contributed by atoms with Crippen LogP contribution in [-0.4, -0.2) is 29.3 Å². The second kappa shape index (κ2) is 8.16. The van der Waals surface area contributed by atoms with Gasteiger partial charge in [-0.15, -0.1) is 0 Å². The fourth-order valence-corrected chi connectivity index (χ4v) is 3.20. The van der Waals surface area contributed by atoms with Crippen molar-refractivity contribution in [2.75, 3.05) is 19.5 Å². The van der Waals surface area contributed by atoms with Gasteiger partial charge in [-0.1, -0.05) is 42.5 Å². The fourth-order valence-electron chi connectivity index (χ4n) is 3.20. The maximum absolute atomic E-state index is 10.6. The van der Waals surface area contributed by atoms with Crippen LogP contribution in [0.4, 0.5) is 11.5 Å². The van der Waals surface area contributed by atoms with E-state index >= 15 is 0 Å². The minimum Gasteiger partial charge on any atom is -0.493 e. The molecule has 0 aliphatic carbocycles. The van der Waals surface area contributed by atoms with Gasteiger partial charge in [-0.2, -0.15) is 0 Å². The number of nitrogens with one attached hydrogen (secondary N) is 1. The number of fused-ring (bicyclic) bond motifs is 1. The summed E-state index contributed by atoms with van der Waals surface area (Å²) in [7, 11) is 3.19. The number of methoxy groups -OCH3 is 2. The molecule has 4 rings (SSSR count). The van der Waals surface area contributed by atoms with Gasteiger partial charge in [0.2, 0.25) is 0 Å². The van der Waals surface area contributed by atoms with Gasteiger partial charge < -0.3 is 19.9 Å². The molecular formula is C23H21N3O3. The van der Waals surface area contributed by atoms with E-state index in [1.165, 1.54) is 6.33 Å². The summed E-state index contributed by atoms with van der Waals surface area (Å²) in [5.74, 6) is 1.88. The van der Waals surface area contributed by atoms with Crippen LogP contribution >= 0.6 is 0 Å². The molecule has 1 heterocycles. The van der Waals surface area contributed by atoms with Crippen LogP contribution in [0.5, 0.6) is 11.5 Å². The van der Waals surface area contributed by atoms with Gasteiger partial charge in [0.1, 0.15) is 18.2 Å². The highest BCUT2D eigenvalue weighted by molar-refractivity contribution is 5.93. The highest BCUT2D eigenvalue weighted by Crippen LogP contribution is 2.34. The SMILES string of the molecule is COc1cc2ncnc(Nc3ccc(C(O)c4ccccc4)cc3)c2cc1OC. The molecule has 146 valence electrons. The lowest BCUT2D eigenvalue weighted by Crippen LogP contribution is -2.00. The van der Waals surface area contributed by atoms with E-state index in [-0.39, 0.29) is 0 Å². The first kappa shape index (κ1) is 18.7. The minimum absolute atomic E-state index is 0.610. The number of anilines is 2. The van der Waals surface area contributed by atoms with Crippen molar-refractivity contribution in [3.05, 3.63) is 84.2 Å². The molecule has 1 atom stereocenters. The molecule has 0 bridgehead atoms. The zero-order chi connectivity index (χ0) is 20.2. The number of hydrogen-bond donors (Lipinski definition) is 2. The van der Waals surface area contributed by atoms with Crippen LogP contribution in [0.3, 0.4) is 0 Å². The van der Waals surface area contributed by atoms with Gasteiger partial charge in [-0.05, 0) is 29.3 Å². The Kier molecular flexibility index (Phi) is 5.27. The summed E-state index contributed by atoms with van der Waals surface area (Å²) in [5, 5.41) is 14.7. The molecule has 0 aliphatic heterocycles. The van der Waals surface area contributed by atoms with Crippen molar-refractivity contribution in [3.8, 4) is 11.5 Å². The first-order valence-electron chi connectivity index (χ1n) is 9.16. The summed E-state index contributed by atoms with van der Waals surface area (Å²) in [6.07, 6.45) is 0.839. The first-order valence-corrected chi connectivity index (χ1v) is 9.16. The smallest absolute Gasteiger partial charge is 0.162 e. The van der Waals surface area contributed by atoms with E-state index in [4.69, 9.17) is 9.47 Å². The summed E-state index contributed by atoms with van der Waals surface area (Å²) in [6.45, 7) is 0. The summed E-state index contributed by atoms with van der Waals surface area (Å²) >= 11 is 0. The van der Waals surface area contributed by atoms with E-state index in [2.05, 4.69) is 15.3 Å². The van der Waals surface area contributed by atoms with Crippen LogP contribution in [0.15, 0.2) is 73.1 Å². The highest BCUT2D eigenvalue weighted by atomic mass is 16.5. The normalized spacial score (nSPS) is 11.8. The summed E-state index contributed by atoms with van der Waals surface area (Å²) in [5.41, 5.74) is 3.27. The van der Waals surface area contributed by atoms with E-state index in [0.29, 0.717) is 17.3 Å². The molecule has 0 radical (unpaired) electrons. The van der Waals surface area contributed by atoms with Crippen molar-refractivity contribution in [3.63, 3.8) is 0 Å². The molecule has 0 saturated carbocycles. The molecule has 4 aromatic rings. The minimum atomic E-state index is -0.665. The molecular weight excluding hydrogens is 366 g/mol. The Hall–Kier alpha value is -3.64. The van der Waals surface area contributed by atoms with Gasteiger partial charge in [0.05, 0.1) is 19.7 Å². The number of benzene rings is 3. The highest BCUT2D eigenvalue weighted by Gasteiger charge is 2.12. The molecule has 1 unspecified atom stereocenters. The average molecular weight is 387 g/mol. The second-order valence-corrected chi connectivity index (χ2v) is 6.51. The van der Waals surface area contributed by atoms with Crippen molar-refractivity contribution in [1.29, 1.82) is 0 Å². The van der Waals surface area contributed by atoms with Gasteiger partial charge in [0, 0.05) is 17.1 Å². The lowest BCUT2D eigenvalue weighted by molar-refractivity contribution is 0.220. The number of ether oxygens (including phenoxy) is 2. The lowest BCUT2D eigenvalue weighted by Gasteiger charge is -2.14. The molecule has 0 aliphatic rings. The van der Waals surface area contributed by atoms with Gasteiger partial charge in [0.25, 0.3) is 0 Å². The number of aliphatic hydroxyl groups is 1. The Labute approximate surface area is 168 Å². The Morgan fingerprint density at radius 3 is 2.17 bits per heavy atom. The predicted octanol–water partition coefficient (Wildman–Crippen LogP) is 4.47. The average Bonchev–Trinajstić information content (AvgIpc) is 2.79. The Morgan fingerprint density at radius 2 is 1.48 bits per heavy atom. The van der Waals surface area contributed by atoms with Gasteiger partial charge >= 0.3 is 0 Å². The van der Waals surface area contributed by atoms with E-state index in [0.717, 1.165) is 27.7 Å². The van der Waals surface area contributed by atoms with Crippen molar-refractivity contribution in [2.24, 2.45) is 0 Å². The van der Waals surface area contributed by atoms with Crippen molar-refractivity contribution in [2.45, 2.75) is 6.10 Å². The monoisotopic (exact) mass is 387 g/mol. The topological polar surface area (TPSA) is 76.5 Å². The third kappa shape index (κ3) is 3.83. The molecule has 3 aromatic carbocycles. The molecule has 1 aromatic heterocycles. The van der Waals surface area contributed by atoms with Gasteiger partial charge in [-0.25, -0.2) is 9.97 Å². The van der Waals surface area contributed by atoms with Crippen LogP contribution in [-0.2, 0) is 0 Å². The number of nitrogens with zero attached hydrogens (tertiary/aromatic N) is 2. The van der Waals surface area contributed by atoms with E-state index in [1.807, 2.05) is 66.7 Å². The number of rotatable bonds is 6. The number of hydrogen-bond acceptors (Lipinski definition) is 6. The molecule has 2 N–H and O–H groups in total. The van der Waals surface area contributed by atoms with E-state index in [9.17, 15) is 5.11 Å². The fraction of sp³-hybridized carbons (Fsp3) is 0.130. The quantitative estimate of drug-likeness (QED) is 0.508. The molecule has 0 fully saturated rings. The van der Waals surface area contributed by atoms with E-state index in [1.54, 1.807) is 14.2 Å². The maximum atomic E-state index is 10.6. The molecule has 0 amide bonds. The number of aliphatic hydroxyl groups excluding tert-OH is 1. The molecule has 0 saturated heterocycles. The van der Waals surface area contributed by atoms with Crippen LogP contribution in [0, 0.1) is 0 Å². The zero-order valence-electron chi connectivity index (χ0n) is 16.2. The second-order valence-electron chi connectivity index (χ2n) is 6.51. The molecule has 6 heteroatoms. The summed E-state index contributed by atoms with van der Waals surface area (Å²) in [4.78, 5) is 8.69. The maximum Gasteiger partial charge on any atom is 0.162 e. The first-order chi connectivity index (χ1) is 14.2. The molecule has 0 spiro atoms. The van der Waals surface area contributed by atoms with Crippen LogP contribution in [0.2, 0.25) is 0 Å². The van der Waals surface area contributed by atoms with Gasteiger partial charge in [0.15, 0.2) is 11.5 Å². The standard InChI is InChI=1S/C23H21N3O3/c1-28-20-12-18-19(13-21(20)29-2)24-14-25-23(18)26-17-10-8-16(9-11-17)22(27)15-6-4-3-5-7-15/h3-14,22,27H,1-2H3,(H,24,25,26). The number of aromatic nitrogens is 2. The Bertz CT molecular complexity index is 1120. The van der Waals surface area contributed by atoms with Crippen LogP contribution in [0.25, 0.3) is 10.9 Å². The predicted molar refractivity (Wildman–Crippen MR) is 113 cm³/mol. The molecule has 6 nitrogen and oxygen atoms in total. The molecule has 29 heavy (non-hydrogen) atoms. The zero-order valence-corrected chi connectivity index (χ0v) is 16.2. The van der Waals surface area contributed by atoms with E-state index < -0.39 is 6.10 Å². The summed E-state index contributed by atoms with van der Waals surface area (Å²) < 4.78 is 10.7. The van der Waals surface area contributed by atoms with Crippen molar-refractivity contribution < 1.29 is 14.6 Å². The largest absolute Gasteiger partial charge is 0.493 e. The third-order valence-electron chi connectivity index (χ3n) is 4.75. The van der Waals surface area contributed by atoms with Crippen molar-refractivity contribution in [1.82, 2.24) is 9.97 Å². The van der Waals surface area contributed by atoms with Crippen molar-refractivity contribution >= 4 is 22.4 Å². The third-order valence-corrected chi connectivity index (χ3v) is 4.75. The van der Waals surface area contributed by atoms with Crippen LogP contribution < -0.4 is 14.8 Å². The summed E-state index contributed by atoms with van der Waals surface area (Å²) in [6, 6.07) is 20.9. The Balaban J connectivity index is 1.62. The van der Waals surface area contributed by atoms with Crippen LogP contribution in [0.1, 0.15) is 17.2 Å². The van der Waals surface area contributed by atoms with Gasteiger partial charge in [-0.3, -0.25) is 0 Å².